The van der Waals surface area contributed by atoms with Crippen LogP contribution in [-0.4, -0.2) is 53.9 Å². The van der Waals surface area contributed by atoms with Gasteiger partial charge in [0.1, 0.15) is 12.3 Å². The molecule has 0 aliphatic carbocycles. The van der Waals surface area contributed by atoms with Crippen molar-refractivity contribution >= 4 is 17.8 Å². The highest BCUT2D eigenvalue weighted by Crippen LogP contribution is 2.40. The lowest BCUT2D eigenvalue weighted by Crippen LogP contribution is -2.50. The van der Waals surface area contributed by atoms with Gasteiger partial charge in [0.05, 0.1) is 6.61 Å². The Morgan fingerprint density at radius 2 is 1.93 bits per heavy atom. The van der Waals surface area contributed by atoms with Crippen LogP contribution in [0.3, 0.4) is 0 Å². The Bertz CT molecular complexity index is 785. The molecule has 2 fully saturated rings. The van der Waals surface area contributed by atoms with Crippen molar-refractivity contribution in [1.82, 2.24) is 15.1 Å². The lowest BCUT2D eigenvalue weighted by molar-refractivity contribution is -0.141. The van der Waals surface area contributed by atoms with Crippen molar-refractivity contribution in [2.45, 2.75) is 32.2 Å². The molecule has 1 spiro atoms. The number of hydrogen-bond acceptors (Lipinski definition) is 4. The molecule has 0 bridgehead atoms. The summed E-state index contributed by atoms with van der Waals surface area (Å²) in [6, 6.07) is 6.73. The Labute approximate surface area is 158 Å². The first-order valence-corrected chi connectivity index (χ1v) is 9.55. The third-order valence-electron chi connectivity index (χ3n) is 5.77. The van der Waals surface area contributed by atoms with Gasteiger partial charge < -0.3 is 15.0 Å². The molecule has 0 aromatic heterocycles. The maximum Gasteiger partial charge on any atom is 0.325 e. The predicted octanol–water partition coefficient (Wildman–Crippen LogP) is 1.72. The van der Waals surface area contributed by atoms with E-state index in [1.54, 1.807) is 17.0 Å². The maximum absolute atomic E-state index is 13.2. The molecular formula is C20H25N3O4. The molecule has 2 saturated heterocycles. The van der Waals surface area contributed by atoms with Crippen LogP contribution >= 0.6 is 0 Å². The molecule has 144 valence electrons. The van der Waals surface area contributed by atoms with Crippen LogP contribution in [0.4, 0.5) is 4.79 Å². The minimum atomic E-state index is -1.13. The molecule has 3 aliphatic heterocycles. The van der Waals surface area contributed by atoms with E-state index in [1.807, 2.05) is 12.1 Å². The molecule has 1 N–H and O–H groups in total. The fourth-order valence-electron chi connectivity index (χ4n) is 4.62. The van der Waals surface area contributed by atoms with Crippen LogP contribution in [-0.2, 0) is 15.1 Å². The lowest BCUT2D eigenvalue weighted by atomic mass is 9.84. The van der Waals surface area contributed by atoms with Crippen LogP contribution in [0.15, 0.2) is 24.3 Å². The van der Waals surface area contributed by atoms with E-state index < -0.39 is 11.6 Å². The summed E-state index contributed by atoms with van der Waals surface area (Å²) in [6.45, 7) is 5.72. The summed E-state index contributed by atoms with van der Waals surface area (Å²) in [4.78, 5) is 41.4. The van der Waals surface area contributed by atoms with E-state index in [2.05, 4.69) is 19.2 Å². The number of ether oxygens (including phenoxy) is 1. The summed E-state index contributed by atoms with van der Waals surface area (Å²) in [6.07, 6.45) is 1.45. The molecule has 1 aromatic carbocycles. The summed E-state index contributed by atoms with van der Waals surface area (Å²) >= 11 is 0. The number of para-hydroxylation sites is 1. The zero-order valence-electron chi connectivity index (χ0n) is 15.7. The average molecular weight is 371 g/mol. The summed E-state index contributed by atoms with van der Waals surface area (Å²) < 4.78 is 5.63. The second-order valence-corrected chi connectivity index (χ2v) is 8.07. The third kappa shape index (κ3) is 2.95. The Morgan fingerprint density at radius 1 is 1.22 bits per heavy atom. The van der Waals surface area contributed by atoms with Gasteiger partial charge in [-0.1, -0.05) is 32.0 Å². The first kappa shape index (κ1) is 17.8. The van der Waals surface area contributed by atoms with Crippen molar-refractivity contribution in [1.29, 1.82) is 0 Å². The van der Waals surface area contributed by atoms with E-state index in [-0.39, 0.29) is 18.4 Å². The van der Waals surface area contributed by atoms with Crippen LogP contribution in [0, 0.1) is 11.8 Å². The molecule has 7 nitrogen and oxygen atoms in total. The smallest absolute Gasteiger partial charge is 0.325 e. The number of likely N-dealkylation sites (tertiary alicyclic amines) is 1. The first-order chi connectivity index (χ1) is 12.9. The molecule has 0 unspecified atom stereocenters. The second-order valence-electron chi connectivity index (χ2n) is 8.07. The molecule has 3 aliphatic rings. The summed E-state index contributed by atoms with van der Waals surface area (Å²) in [7, 11) is 0. The zero-order chi connectivity index (χ0) is 19.2. The normalized spacial score (nSPS) is 30.1. The minimum Gasteiger partial charge on any atom is -0.493 e. The lowest BCUT2D eigenvalue weighted by Gasteiger charge is -2.36. The second kappa shape index (κ2) is 6.55. The predicted molar refractivity (Wildman–Crippen MR) is 98.0 cm³/mol. The molecule has 4 amide bonds. The summed E-state index contributed by atoms with van der Waals surface area (Å²) in [5.74, 6) is 0.914. The number of carbonyl (C=O) groups is 3. The van der Waals surface area contributed by atoms with Crippen molar-refractivity contribution in [2.24, 2.45) is 11.8 Å². The maximum atomic E-state index is 13.2. The Balaban J connectivity index is 1.55. The number of imide groups is 1. The van der Waals surface area contributed by atoms with Crippen molar-refractivity contribution in [3.63, 3.8) is 0 Å². The third-order valence-corrected chi connectivity index (χ3v) is 5.77. The highest BCUT2D eigenvalue weighted by molar-refractivity contribution is 6.09. The number of carbonyl (C=O) groups excluding carboxylic acids is 3. The van der Waals surface area contributed by atoms with Gasteiger partial charge in [-0.05, 0) is 24.3 Å². The van der Waals surface area contributed by atoms with Crippen molar-refractivity contribution in [2.75, 3.05) is 26.2 Å². The van der Waals surface area contributed by atoms with Gasteiger partial charge >= 0.3 is 6.03 Å². The van der Waals surface area contributed by atoms with E-state index in [1.165, 1.54) is 0 Å². The fourth-order valence-corrected chi connectivity index (χ4v) is 4.62. The van der Waals surface area contributed by atoms with E-state index in [0.29, 0.717) is 49.3 Å². The summed E-state index contributed by atoms with van der Waals surface area (Å²) in [5.41, 5.74) is -0.473. The van der Waals surface area contributed by atoms with E-state index in [0.717, 1.165) is 11.3 Å². The molecule has 0 radical (unpaired) electrons. The van der Waals surface area contributed by atoms with Gasteiger partial charge in [-0.15, -0.1) is 0 Å². The van der Waals surface area contributed by atoms with Crippen molar-refractivity contribution in [3.05, 3.63) is 29.8 Å². The Kier molecular flexibility index (Phi) is 4.32. The molecular weight excluding hydrogens is 346 g/mol. The number of benzene rings is 1. The Morgan fingerprint density at radius 3 is 2.67 bits per heavy atom. The fraction of sp³-hybridized carbons (Fsp3) is 0.550. The number of amides is 4. The standard InChI is InChI=1S/C20H25N3O4/c1-13-9-14(2)11-22(10-13)17(24)12-23-18(25)20(21-19(23)26)7-8-27-16-6-4-3-5-15(16)20/h3-6,13-14H,7-12H2,1-2H3,(H,21,26)/t13-,14-,20+/m1/s1. The first-order valence-electron chi connectivity index (χ1n) is 9.55. The number of piperidine rings is 1. The number of nitrogens with zero attached hydrogens (tertiary/aromatic N) is 2. The van der Waals surface area contributed by atoms with E-state index >= 15 is 0 Å². The van der Waals surface area contributed by atoms with Crippen LogP contribution in [0.1, 0.15) is 32.3 Å². The van der Waals surface area contributed by atoms with Gasteiger partial charge in [0.15, 0.2) is 5.54 Å². The minimum absolute atomic E-state index is 0.172. The van der Waals surface area contributed by atoms with Crippen molar-refractivity contribution < 1.29 is 19.1 Å². The van der Waals surface area contributed by atoms with Crippen LogP contribution in [0.25, 0.3) is 0 Å². The summed E-state index contributed by atoms with van der Waals surface area (Å²) in [5, 5.41) is 2.84. The quantitative estimate of drug-likeness (QED) is 0.803. The zero-order valence-corrected chi connectivity index (χ0v) is 15.7. The molecule has 1 aromatic rings. The van der Waals surface area contributed by atoms with Gasteiger partial charge in [-0.2, -0.15) is 0 Å². The topological polar surface area (TPSA) is 79.0 Å². The highest BCUT2D eigenvalue weighted by Gasteiger charge is 2.55. The number of urea groups is 1. The monoisotopic (exact) mass is 371 g/mol. The van der Waals surface area contributed by atoms with Crippen LogP contribution < -0.4 is 10.1 Å². The molecule has 27 heavy (non-hydrogen) atoms. The van der Waals surface area contributed by atoms with Crippen LogP contribution in [0.2, 0.25) is 0 Å². The number of fused-ring (bicyclic) bond motifs is 2. The largest absolute Gasteiger partial charge is 0.493 e. The number of rotatable bonds is 2. The molecule has 0 saturated carbocycles. The Hall–Kier alpha value is -2.57. The number of nitrogens with one attached hydrogen (secondary N) is 1. The van der Waals surface area contributed by atoms with Gasteiger partial charge in [0.2, 0.25) is 5.91 Å². The molecule has 3 atom stereocenters. The van der Waals surface area contributed by atoms with Crippen LogP contribution in [0.5, 0.6) is 5.75 Å². The molecule has 7 heteroatoms. The van der Waals surface area contributed by atoms with E-state index in [4.69, 9.17) is 4.74 Å². The van der Waals surface area contributed by atoms with Gasteiger partial charge in [-0.3, -0.25) is 14.5 Å². The van der Waals surface area contributed by atoms with E-state index in [9.17, 15) is 14.4 Å². The van der Waals surface area contributed by atoms with Crippen molar-refractivity contribution in [3.8, 4) is 5.75 Å². The number of hydrogen-bond donors (Lipinski definition) is 1. The highest BCUT2D eigenvalue weighted by atomic mass is 16.5. The van der Waals surface area contributed by atoms with Gasteiger partial charge in [-0.25, -0.2) is 4.79 Å². The van der Waals surface area contributed by atoms with Gasteiger partial charge in [0, 0.05) is 25.1 Å². The molecule has 4 rings (SSSR count). The average Bonchev–Trinajstić information content (AvgIpc) is 2.86. The molecule has 3 heterocycles. The SMILES string of the molecule is C[C@@H]1C[C@@H](C)CN(C(=O)CN2C(=O)N[C@]3(CCOc4ccccc43)C2=O)C1. The van der Waals surface area contributed by atoms with Gasteiger partial charge in [0.25, 0.3) is 5.91 Å².